The molecule has 3 heteroatoms. The van der Waals surface area contributed by atoms with Gasteiger partial charge >= 0.3 is 0 Å². The molecule has 12 heavy (non-hydrogen) atoms. The van der Waals surface area contributed by atoms with Crippen molar-refractivity contribution < 1.29 is 0 Å². The molecule has 62 valence electrons. The number of hydrogen-bond acceptors (Lipinski definition) is 3. The second-order valence-corrected chi connectivity index (χ2v) is 2.22. The molecular weight excluding hydrogens is 150 g/mol. The summed E-state index contributed by atoms with van der Waals surface area (Å²) < 4.78 is 0. The number of rotatable bonds is 3. The highest BCUT2D eigenvalue weighted by Crippen LogP contribution is 2.08. The molecule has 0 unspecified atom stereocenters. The second kappa shape index (κ2) is 4.18. The van der Waals surface area contributed by atoms with Crippen molar-refractivity contribution in [2.24, 2.45) is 10.8 Å². The fraction of sp³-hybridized carbons (Fsp3) is 0. The third-order valence-corrected chi connectivity index (χ3v) is 1.45. The van der Waals surface area contributed by atoms with Crippen LogP contribution in [0.5, 0.6) is 0 Å². The van der Waals surface area contributed by atoms with Crippen molar-refractivity contribution in [3.63, 3.8) is 0 Å². The lowest BCUT2D eigenvalue weighted by atomic mass is 10.2. The van der Waals surface area contributed by atoms with E-state index in [2.05, 4.69) is 17.2 Å². The summed E-state index contributed by atoms with van der Waals surface area (Å²) in [5, 5.41) is 3.53. The van der Waals surface area contributed by atoms with Gasteiger partial charge in [-0.25, -0.2) is 0 Å². The average molecular weight is 161 g/mol. The molecule has 0 amide bonds. The van der Waals surface area contributed by atoms with E-state index in [1.807, 2.05) is 30.3 Å². The number of hydrogen-bond donors (Lipinski definition) is 2. The first-order chi connectivity index (χ1) is 5.88. The molecule has 0 aliphatic carbocycles. The minimum atomic E-state index is 0.755. The van der Waals surface area contributed by atoms with Crippen LogP contribution in [-0.2, 0) is 0 Å². The van der Waals surface area contributed by atoms with Crippen LogP contribution in [0.1, 0.15) is 5.56 Å². The van der Waals surface area contributed by atoms with Gasteiger partial charge in [0, 0.05) is 18.5 Å². The van der Waals surface area contributed by atoms with Gasteiger partial charge in [-0.2, -0.15) is 5.10 Å². The Hall–Kier alpha value is -1.77. The Morgan fingerprint density at radius 3 is 2.58 bits per heavy atom. The summed E-state index contributed by atoms with van der Waals surface area (Å²) in [4.78, 5) is 0. The molecule has 1 aromatic carbocycles. The van der Waals surface area contributed by atoms with E-state index in [9.17, 15) is 0 Å². The zero-order valence-corrected chi connectivity index (χ0v) is 6.70. The molecule has 0 aromatic heterocycles. The van der Waals surface area contributed by atoms with Crippen molar-refractivity contribution in [2.75, 3.05) is 0 Å². The van der Waals surface area contributed by atoms with E-state index in [4.69, 9.17) is 5.73 Å². The van der Waals surface area contributed by atoms with Crippen LogP contribution in [0, 0.1) is 0 Å². The monoisotopic (exact) mass is 161 g/mol. The van der Waals surface area contributed by atoms with Crippen molar-refractivity contribution in [2.45, 2.75) is 0 Å². The normalized spacial score (nSPS) is 10.8. The summed E-state index contributed by atoms with van der Waals surface area (Å²) >= 11 is 0. The summed E-state index contributed by atoms with van der Waals surface area (Å²) in [5.41, 5.74) is 9.83. The van der Waals surface area contributed by atoms with Gasteiger partial charge in [0.05, 0.1) is 5.70 Å². The van der Waals surface area contributed by atoms with Crippen LogP contribution in [0.15, 0.2) is 41.6 Å². The number of nitrogens with one attached hydrogen (secondary N) is 1. The van der Waals surface area contributed by atoms with E-state index < -0.39 is 0 Å². The van der Waals surface area contributed by atoms with Gasteiger partial charge < -0.3 is 5.73 Å². The fourth-order valence-corrected chi connectivity index (χ4v) is 0.901. The van der Waals surface area contributed by atoms with Gasteiger partial charge in [0.15, 0.2) is 0 Å². The van der Waals surface area contributed by atoms with Gasteiger partial charge in [0.2, 0.25) is 0 Å². The van der Waals surface area contributed by atoms with Crippen LogP contribution in [0.3, 0.4) is 0 Å². The summed E-state index contributed by atoms with van der Waals surface area (Å²) in [7, 11) is 0. The van der Waals surface area contributed by atoms with Crippen LogP contribution in [-0.4, -0.2) is 6.72 Å². The van der Waals surface area contributed by atoms with E-state index in [0.29, 0.717) is 0 Å². The lowest BCUT2D eigenvalue weighted by molar-refractivity contribution is 1.00. The Morgan fingerprint density at radius 1 is 1.42 bits per heavy atom. The largest absolute Gasteiger partial charge is 0.403 e. The van der Waals surface area contributed by atoms with Crippen LogP contribution in [0.4, 0.5) is 0 Å². The number of benzene rings is 1. The highest BCUT2D eigenvalue weighted by molar-refractivity contribution is 5.63. The summed E-state index contributed by atoms with van der Waals surface area (Å²) in [6.07, 6.45) is 1.46. The van der Waals surface area contributed by atoms with E-state index in [1.54, 1.807) is 0 Å². The number of nitrogens with two attached hydrogens (primary N) is 1. The molecule has 1 aromatic rings. The van der Waals surface area contributed by atoms with Crippen molar-refractivity contribution in [3.05, 3.63) is 42.1 Å². The molecule has 0 bridgehead atoms. The zero-order valence-electron chi connectivity index (χ0n) is 6.70. The minimum Gasteiger partial charge on any atom is -0.403 e. The lowest BCUT2D eigenvalue weighted by Crippen LogP contribution is -2.05. The van der Waals surface area contributed by atoms with Crippen LogP contribution < -0.4 is 11.2 Å². The van der Waals surface area contributed by atoms with E-state index in [0.717, 1.165) is 11.3 Å². The summed E-state index contributed by atoms with van der Waals surface area (Å²) in [6, 6.07) is 9.69. The third-order valence-electron chi connectivity index (χ3n) is 1.45. The van der Waals surface area contributed by atoms with Crippen molar-refractivity contribution >= 4 is 12.4 Å². The Balaban J connectivity index is 2.88. The van der Waals surface area contributed by atoms with E-state index in [1.165, 1.54) is 6.20 Å². The smallest absolute Gasteiger partial charge is 0.0788 e. The zero-order chi connectivity index (χ0) is 8.81. The van der Waals surface area contributed by atoms with Crippen molar-refractivity contribution in [1.82, 2.24) is 5.43 Å². The number of hydrazone groups is 1. The third kappa shape index (κ3) is 1.85. The Bertz CT molecular complexity index is 277. The highest BCUT2D eigenvalue weighted by Gasteiger charge is 1.95. The van der Waals surface area contributed by atoms with Crippen molar-refractivity contribution in [1.29, 1.82) is 0 Å². The fourth-order valence-electron chi connectivity index (χ4n) is 0.901. The molecule has 0 fully saturated rings. The first-order valence-electron chi connectivity index (χ1n) is 3.57. The molecule has 0 saturated carbocycles. The minimum absolute atomic E-state index is 0.755. The molecule has 0 atom stereocenters. The Kier molecular flexibility index (Phi) is 2.90. The molecule has 3 nitrogen and oxygen atoms in total. The SMILES string of the molecule is C=NN/C(=C/N)c1ccccc1. The van der Waals surface area contributed by atoms with Gasteiger partial charge in [-0.15, -0.1) is 0 Å². The van der Waals surface area contributed by atoms with E-state index in [-0.39, 0.29) is 0 Å². The maximum absolute atomic E-state index is 5.38. The number of nitrogens with zero attached hydrogens (tertiary/aromatic N) is 1. The molecule has 3 N–H and O–H groups in total. The topological polar surface area (TPSA) is 50.4 Å². The summed E-state index contributed by atoms with van der Waals surface area (Å²) in [5.74, 6) is 0. The van der Waals surface area contributed by atoms with Gasteiger partial charge in [-0.1, -0.05) is 30.3 Å². The molecule has 0 spiro atoms. The predicted octanol–water partition coefficient (Wildman–Crippen LogP) is 1.15. The summed E-state index contributed by atoms with van der Waals surface area (Å²) in [6.45, 7) is 3.32. The van der Waals surface area contributed by atoms with Crippen LogP contribution in [0.25, 0.3) is 5.70 Å². The van der Waals surface area contributed by atoms with Crippen LogP contribution >= 0.6 is 0 Å². The highest BCUT2D eigenvalue weighted by atomic mass is 15.3. The standard InChI is InChI=1S/C9H11N3/c1-11-12-9(7-10)8-5-3-2-4-6-8/h2-7,12H,1,10H2/b9-7+. The predicted molar refractivity (Wildman–Crippen MR) is 51.3 cm³/mol. The Labute approximate surface area is 71.6 Å². The van der Waals surface area contributed by atoms with Gasteiger partial charge in [0.1, 0.15) is 0 Å². The van der Waals surface area contributed by atoms with Crippen LogP contribution in [0.2, 0.25) is 0 Å². The molecular formula is C9H11N3. The average Bonchev–Trinajstić information content (AvgIpc) is 2.15. The van der Waals surface area contributed by atoms with E-state index >= 15 is 0 Å². The molecule has 1 rings (SSSR count). The first kappa shape index (κ1) is 8.33. The maximum Gasteiger partial charge on any atom is 0.0788 e. The molecule has 0 aliphatic rings. The second-order valence-electron chi connectivity index (χ2n) is 2.22. The molecule has 0 radical (unpaired) electrons. The van der Waals surface area contributed by atoms with Gasteiger partial charge in [-0.3, -0.25) is 5.43 Å². The van der Waals surface area contributed by atoms with Gasteiger partial charge in [0.25, 0.3) is 0 Å². The first-order valence-corrected chi connectivity index (χ1v) is 3.57. The molecule has 0 aliphatic heterocycles. The lowest BCUT2D eigenvalue weighted by Gasteiger charge is -2.03. The maximum atomic E-state index is 5.38. The van der Waals surface area contributed by atoms with Gasteiger partial charge in [-0.05, 0) is 0 Å². The molecule has 0 saturated heterocycles. The quantitative estimate of drug-likeness (QED) is 0.516. The molecule has 0 heterocycles. The van der Waals surface area contributed by atoms with Crippen molar-refractivity contribution in [3.8, 4) is 0 Å². The Morgan fingerprint density at radius 2 is 2.08 bits per heavy atom.